The minimum absolute atomic E-state index is 0.00752. The Balaban J connectivity index is 1.97. The van der Waals surface area contributed by atoms with E-state index in [1.54, 1.807) is 0 Å². The molecule has 4 nitrogen and oxygen atoms in total. The molecule has 1 aromatic rings. The molecule has 1 fully saturated rings. The second kappa shape index (κ2) is 7.78. The van der Waals surface area contributed by atoms with E-state index in [2.05, 4.69) is 29.7 Å². The van der Waals surface area contributed by atoms with Crippen molar-refractivity contribution in [2.75, 3.05) is 39.3 Å². The third kappa shape index (κ3) is 4.19. The molecule has 1 aromatic carbocycles. The molecule has 118 valence electrons. The molecular weight excluding hydrogens is 262 g/mol. The lowest BCUT2D eigenvalue weighted by Gasteiger charge is -2.40. The third-order valence-electron chi connectivity index (χ3n) is 4.33. The van der Waals surface area contributed by atoms with E-state index in [1.807, 2.05) is 25.1 Å². The van der Waals surface area contributed by atoms with Crippen LogP contribution in [0.5, 0.6) is 5.75 Å². The van der Waals surface area contributed by atoms with E-state index >= 15 is 0 Å². The van der Waals surface area contributed by atoms with Crippen LogP contribution in [0.2, 0.25) is 0 Å². The molecule has 0 radical (unpaired) electrons. The first kappa shape index (κ1) is 16.3. The van der Waals surface area contributed by atoms with Gasteiger partial charge in [-0.25, -0.2) is 0 Å². The Hall–Kier alpha value is -1.10. The van der Waals surface area contributed by atoms with Gasteiger partial charge in [-0.2, -0.15) is 0 Å². The average Bonchev–Trinajstić information content (AvgIpc) is 2.48. The average molecular weight is 291 g/mol. The van der Waals surface area contributed by atoms with Crippen molar-refractivity contribution in [3.63, 3.8) is 0 Å². The quantitative estimate of drug-likeness (QED) is 0.871. The zero-order valence-corrected chi connectivity index (χ0v) is 13.6. The summed E-state index contributed by atoms with van der Waals surface area (Å²) in [6.07, 6.45) is 0. The van der Waals surface area contributed by atoms with Gasteiger partial charge in [-0.15, -0.1) is 0 Å². The zero-order chi connectivity index (χ0) is 15.2. The molecule has 0 spiro atoms. The first-order chi connectivity index (χ1) is 10.2. The minimum atomic E-state index is 0.00752. The van der Waals surface area contributed by atoms with Crippen molar-refractivity contribution >= 4 is 0 Å². The summed E-state index contributed by atoms with van der Waals surface area (Å²) in [5.74, 6) is 0.924. The molecule has 1 saturated heterocycles. The topological polar surface area (TPSA) is 41.7 Å². The van der Waals surface area contributed by atoms with Crippen molar-refractivity contribution in [3.05, 3.63) is 29.8 Å². The highest BCUT2D eigenvalue weighted by atomic mass is 16.5. The lowest BCUT2D eigenvalue weighted by atomic mass is 10.0. The Morgan fingerprint density at radius 1 is 1.29 bits per heavy atom. The van der Waals surface area contributed by atoms with Gasteiger partial charge in [-0.05, 0) is 26.5 Å². The number of nitrogens with zero attached hydrogens (tertiary/aromatic N) is 2. The fourth-order valence-electron chi connectivity index (χ4n) is 3.16. The van der Waals surface area contributed by atoms with Crippen LogP contribution in [0.1, 0.15) is 32.4 Å². The van der Waals surface area contributed by atoms with Gasteiger partial charge in [0.2, 0.25) is 0 Å². The number of nitrogens with two attached hydrogens (primary N) is 1. The van der Waals surface area contributed by atoms with E-state index in [-0.39, 0.29) is 6.04 Å². The molecule has 0 saturated carbocycles. The lowest BCUT2D eigenvalue weighted by molar-refractivity contribution is 0.0839. The maximum absolute atomic E-state index is 6.43. The second-order valence-electron chi connectivity index (χ2n) is 5.81. The van der Waals surface area contributed by atoms with Crippen LogP contribution in [0.25, 0.3) is 0 Å². The van der Waals surface area contributed by atoms with E-state index in [4.69, 9.17) is 10.5 Å². The highest BCUT2D eigenvalue weighted by molar-refractivity contribution is 5.36. The summed E-state index contributed by atoms with van der Waals surface area (Å²) in [4.78, 5) is 5.00. The third-order valence-corrected chi connectivity index (χ3v) is 4.33. The van der Waals surface area contributed by atoms with Gasteiger partial charge in [-0.1, -0.05) is 25.1 Å². The second-order valence-corrected chi connectivity index (χ2v) is 5.81. The molecule has 0 aliphatic carbocycles. The van der Waals surface area contributed by atoms with Gasteiger partial charge in [0.25, 0.3) is 0 Å². The van der Waals surface area contributed by atoms with E-state index in [0.717, 1.165) is 44.0 Å². The summed E-state index contributed by atoms with van der Waals surface area (Å²) >= 11 is 0. The van der Waals surface area contributed by atoms with Crippen molar-refractivity contribution in [1.82, 2.24) is 9.80 Å². The summed E-state index contributed by atoms with van der Waals surface area (Å²) in [5.41, 5.74) is 7.55. The van der Waals surface area contributed by atoms with Gasteiger partial charge in [-0.3, -0.25) is 9.80 Å². The summed E-state index contributed by atoms with van der Waals surface area (Å²) in [6.45, 7) is 12.6. The number of hydrogen-bond donors (Lipinski definition) is 1. The van der Waals surface area contributed by atoms with Gasteiger partial charge < -0.3 is 10.5 Å². The smallest absolute Gasteiger partial charge is 0.124 e. The monoisotopic (exact) mass is 291 g/mol. The van der Waals surface area contributed by atoms with Crippen LogP contribution in [-0.2, 0) is 0 Å². The molecule has 2 atom stereocenters. The number of hydrogen-bond acceptors (Lipinski definition) is 4. The maximum Gasteiger partial charge on any atom is 0.124 e. The Morgan fingerprint density at radius 2 is 2.05 bits per heavy atom. The van der Waals surface area contributed by atoms with Crippen LogP contribution in [0.4, 0.5) is 0 Å². The lowest BCUT2D eigenvalue weighted by Crippen LogP contribution is -2.52. The van der Waals surface area contributed by atoms with Crippen LogP contribution in [0.15, 0.2) is 24.3 Å². The normalized spacial score (nSPS) is 22.2. The molecular formula is C17H29N3O. The highest BCUT2D eigenvalue weighted by Gasteiger charge is 2.24. The van der Waals surface area contributed by atoms with E-state index in [1.165, 1.54) is 0 Å². The number of likely N-dealkylation sites (N-methyl/N-ethyl adjacent to an activating group) is 1. The predicted molar refractivity (Wildman–Crippen MR) is 87.7 cm³/mol. The minimum Gasteiger partial charge on any atom is -0.494 e. The van der Waals surface area contributed by atoms with Gasteiger partial charge in [0, 0.05) is 43.8 Å². The highest BCUT2D eigenvalue weighted by Crippen LogP contribution is 2.25. The predicted octanol–water partition coefficient (Wildman–Crippen LogP) is 2.11. The Labute approximate surface area is 128 Å². The standard InChI is InChI=1S/C17H29N3O/c1-4-20-11-10-19(12-14(20)3)13-16(18)15-8-6-7-9-17(15)21-5-2/h6-9,14,16H,4-5,10-13,18H2,1-3H3. The van der Waals surface area contributed by atoms with E-state index < -0.39 is 0 Å². The van der Waals surface area contributed by atoms with Gasteiger partial charge in [0.05, 0.1) is 6.61 Å². The molecule has 2 rings (SSSR count). The van der Waals surface area contributed by atoms with Gasteiger partial charge in [0.1, 0.15) is 5.75 Å². The molecule has 0 bridgehead atoms. The van der Waals surface area contributed by atoms with Crippen molar-refractivity contribution in [3.8, 4) is 5.75 Å². The summed E-state index contributed by atoms with van der Waals surface area (Å²) in [7, 11) is 0. The summed E-state index contributed by atoms with van der Waals surface area (Å²) in [6, 6.07) is 8.75. The largest absolute Gasteiger partial charge is 0.494 e. The van der Waals surface area contributed by atoms with Gasteiger partial charge in [0.15, 0.2) is 0 Å². The zero-order valence-electron chi connectivity index (χ0n) is 13.6. The van der Waals surface area contributed by atoms with Crippen LogP contribution in [0, 0.1) is 0 Å². The SMILES string of the molecule is CCOc1ccccc1C(N)CN1CCN(CC)C(C)C1. The first-order valence-electron chi connectivity index (χ1n) is 8.09. The Morgan fingerprint density at radius 3 is 2.71 bits per heavy atom. The molecule has 4 heteroatoms. The fourth-order valence-corrected chi connectivity index (χ4v) is 3.16. The van der Waals surface area contributed by atoms with Crippen LogP contribution in [-0.4, -0.2) is 55.2 Å². The fraction of sp³-hybridized carbons (Fsp3) is 0.647. The number of para-hydroxylation sites is 1. The van der Waals surface area contributed by atoms with E-state index in [9.17, 15) is 0 Å². The number of ether oxygens (including phenoxy) is 1. The van der Waals surface area contributed by atoms with Crippen molar-refractivity contribution in [2.45, 2.75) is 32.9 Å². The number of benzene rings is 1. The van der Waals surface area contributed by atoms with Crippen LogP contribution in [0.3, 0.4) is 0 Å². The molecule has 0 amide bonds. The number of rotatable bonds is 6. The first-order valence-corrected chi connectivity index (χ1v) is 8.09. The van der Waals surface area contributed by atoms with Crippen LogP contribution < -0.4 is 10.5 Å². The van der Waals surface area contributed by atoms with Crippen molar-refractivity contribution < 1.29 is 4.74 Å². The van der Waals surface area contributed by atoms with Crippen molar-refractivity contribution in [1.29, 1.82) is 0 Å². The summed E-state index contributed by atoms with van der Waals surface area (Å²) < 4.78 is 5.70. The van der Waals surface area contributed by atoms with Gasteiger partial charge >= 0.3 is 0 Å². The molecule has 2 N–H and O–H groups in total. The molecule has 2 unspecified atom stereocenters. The molecule has 1 aliphatic rings. The molecule has 1 aliphatic heterocycles. The van der Waals surface area contributed by atoms with E-state index in [0.29, 0.717) is 12.6 Å². The maximum atomic E-state index is 6.43. The van der Waals surface area contributed by atoms with Crippen molar-refractivity contribution in [2.24, 2.45) is 5.73 Å². The Kier molecular flexibility index (Phi) is 6.03. The van der Waals surface area contributed by atoms with Crippen LogP contribution >= 0.6 is 0 Å². The number of piperazine rings is 1. The molecule has 1 heterocycles. The summed E-state index contributed by atoms with van der Waals surface area (Å²) in [5, 5.41) is 0. The molecule has 0 aromatic heterocycles. The Bertz CT molecular complexity index is 438. The molecule has 21 heavy (non-hydrogen) atoms.